The van der Waals surface area contributed by atoms with Gasteiger partial charge in [0.1, 0.15) is 37.3 Å². The molecule has 0 radical (unpaired) electrons. The van der Waals surface area contributed by atoms with Crippen molar-refractivity contribution in [2.24, 2.45) is 0 Å². The molecule has 2 aromatic carbocycles. The van der Waals surface area contributed by atoms with Crippen LogP contribution in [0.15, 0.2) is 48.5 Å². The number of carbonyl (C=O) groups is 8. The van der Waals surface area contributed by atoms with Crippen molar-refractivity contribution in [3.63, 3.8) is 0 Å². The van der Waals surface area contributed by atoms with Gasteiger partial charge in [0.25, 0.3) is 5.69 Å². The molecular formula is C39H43NO21. The molecular weight excluding hydrogens is 818 g/mol. The highest BCUT2D eigenvalue weighted by atomic mass is 16.8. The van der Waals surface area contributed by atoms with Gasteiger partial charge in [-0.1, -0.05) is 0 Å². The number of nitro benzene ring substituents is 1. The minimum atomic E-state index is -1.87. The molecule has 0 spiro atoms. The second kappa shape index (κ2) is 21.1. The lowest BCUT2D eigenvalue weighted by Gasteiger charge is -2.48. The molecule has 4 rings (SSSR count). The number of ether oxygens (including phenoxy) is 11. The standard InChI is InChI=1S/C39H43NO21/c1-18(41)51-16-29-32(53-20(3)43)34(54-21(4)44)37(57-24(7)47)39(60-29)61-33-30(17-52-19(2)42)59-38(36(56-23(6)46)35(33)55-22(5)45)58-28-14-10-26(11-15-28)31(48)25-8-12-27(13-9-25)40(49)50/h8-15,29-30,32-39H,16-17H2,1-7H3/t29-,30-,32-,33-,34+,35+,36-,37-,38-,39-/m1/s1. The fourth-order valence-corrected chi connectivity index (χ4v) is 6.29. The first-order valence-corrected chi connectivity index (χ1v) is 18.4. The van der Waals surface area contributed by atoms with Gasteiger partial charge < -0.3 is 52.1 Å². The molecule has 0 amide bonds. The van der Waals surface area contributed by atoms with Crippen LogP contribution in [0.2, 0.25) is 0 Å². The summed E-state index contributed by atoms with van der Waals surface area (Å²) in [5, 5.41) is 11.0. The van der Waals surface area contributed by atoms with E-state index in [-0.39, 0.29) is 22.6 Å². The van der Waals surface area contributed by atoms with E-state index in [1.54, 1.807) is 0 Å². The molecule has 330 valence electrons. The van der Waals surface area contributed by atoms with E-state index in [1.165, 1.54) is 48.5 Å². The summed E-state index contributed by atoms with van der Waals surface area (Å²) in [6.45, 7) is 5.99. The average molecular weight is 862 g/mol. The van der Waals surface area contributed by atoms with Gasteiger partial charge in [-0.3, -0.25) is 48.5 Å². The van der Waals surface area contributed by atoms with Gasteiger partial charge in [-0.15, -0.1) is 0 Å². The molecule has 0 bridgehead atoms. The number of non-ortho nitro benzene ring substituents is 1. The topological polar surface area (TPSA) is 281 Å². The molecule has 22 nitrogen and oxygen atoms in total. The lowest BCUT2D eigenvalue weighted by molar-refractivity contribution is -0.384. The summed E-state index contributed by atoms with van der Waals surface area (Å²) in [4.78, 5) is 110. The molecule has 0 saturated carbocycles. The van der Waals surface area contributed by atoms with Crippen molar-refractivity contribution in [3.05, 3.63) is 69.8 Å². The summed E-state index contributed by atoms with van der Waals surface area (Å²) in [5.41, 5.74) is 0.107. The summed E-state index contributed by atoms with van der Waals surface area (Å²) < 4.78 is 62.6. The Hall–Kier alpha value is -6.52. The van der Waals surface area contributed by atoms with Gasteiger partial charge in [-0.25, -0.2) is 0 Å². The number of hydrogen-bond acceptors (Lipinski definition) is 21. The van der Waals surface area contributed by atoms with Crippen LogP contribution in [0.4, 0.5) is 5.69 Å². The number of carbonyl (C=O) groups excluding carboxylic acids is 8. The number of esters is 7. The maximum Gasteiger partial charge on any atom is 0.303 e. The van der Waals surface area contributed by atoms with Gasteiger partial charge in [0.15, 0.2) is 36.5 Å². The summed E-state index contributed by atoms with van der Waals surface area (Å²) in [6.07, 6.45) is -16.6. The van der Waals surface area contributed by atoms with Crippen LogP contribution in [0, 0.1) is 10.1 Å². The van der Waals surface area contributed by atoms with Crippen LogP contribution >= 0.6 is 0 Å². The quantitative estimate of drug-likeness (QED) is 0.0765. The molecule has 2 aromatic rings. The first-order chi connectivity index (χ1) is 28.7. The monoisotopic (exact) mass is 861 g/mol. The van der Waals surface area contributed by atoms with Crippen molar-refractivity contribution in [1.29, 1.82) is 0 Å². The third kappa shape index (κ3) is 13.2. The smallest absolute Gasteiger partial charge is 0.303 e. The Kier molecular flexibility index (Phi) is 16.3. The van der Waals surface area contributed by atoms with Crippen LogP contribution in [-0.2, 0) is 80.9 Å². The normalized spacial score (nSPS) is 25.7. The van der Waals surface area contributed by atoms with Crippen molar-refractivity contribution in [2.75, 3.05) is 13.2 Å². The molecule has 0 N–H and O–H groups in total. The van der Waals surface area contributed by atoms with Gasteiger partial charge in [0.2, 0.25) is 12.4 Å². The minimum Gasteiger partial charge on any atom is -0.463 e. The third-order valence-corrected chi connectivity index (χ3v) is 8.59. The van der Waals surface area contributed by atoms with E-state index < -0.39 is 127 Å². The first kappa shape index (κ1) is 47.2. The second-order valence-electron chi connectivity index (χ2n) is 13.4. The fourth-order valence-electron chi connectivity index (χ4n) is 6.29. The van der Waals surface area contributed by atoms with Crippen molar-refractivity contribution in [3.8, 4) is 5.75 Å². The molecule has 22 heteroatoms. The molecule has 0 unspecified atom stereocenters. The van der Waals surface area contributed by atoms with E-state index in [0.717, 1.165) is 48.5 Å². The van der Waals surface area contributed by atoms with Crippen molar-refractivity contribution in [2.45, 2.75) is 110 Å². The molecule has 2 saturated heterocycles. The van der Waals surface area contributed by atoms with Crippen LogP contribution in [0.3, 0.4) is 0 Å². The Balaban J connectivity index is 1.76. The SMILES string of the molecule is CC(=O)OC[C@H]1O[C@H](O[C@H]2[C@H](OC(C)=O)[C@@H](OC(C)=O)[C@H](Oc3ccc(C(=O)c4ccc([N+](=O)[O-])cc4)cc3)O[C@@H]2COC(C)=O)[C@H](OC(C)=O)[C@@H](OC(C)=O)[C@@H]1OC(C)=O. The van der Waals surface area contributed by atoms with E-state index >= 15 is 0 Å². The van der Waals surface area contributed by atoms with Gasteiger partial charge >= 0.3 is 41.8 Å². The predicted molar refractivity (Wildman–Crippen MR) is 197 cm³/mol. The van der Waals surface area contributed by atoms with Crippen LogP contribution in [0.5, 0.6) is 5.75 Å². The van der Waals surface area contributed by atoms with Gasteiger partial charge in [0.05, 0.1) is 4.92 Å². The summed E-state index contributed by atoms with van der Waals surface area (Å²) in [6, 6.07) is 10.4. The van der Waals surface area contributed by atoms with Crippen LogP contribution < -0.4 is 4.74 Å². The van der Waals surface area contributed by atoms with Crippen LogP contribution in [0.25, 0.3) is 0 Å². The van der Waals surface area contributed by atoms with Crippen LogP contribution in [0.1, 0.15) is 64.4 Å². The van der Waals surface area contributed by atoms with E-state index in [4.69, 9.17) is 52.1 Å². The number of rotatable bonds is 16. The second-order valence-corrected chi connectivity index (χ2v) is 13.4. The van der Waals surface area contributed by atoms with E-state index in [9.17, 15) is 48.5 Å². The fraction of sp³-hybridized carbons (Fsp3) is 0.487. The maximum atomic E-state index is 13.1. The first-order valence-electron chi connectivity index (χ1n) is 18.4. The van der Waals surface area contributed by atoms with Gasteiger partial charge in [-0.05, 0) is 36.4 Å². The molecule has 61 heavy (non-hydrogen) atoms. The molecule has 2 heterocycles. The van der Waals surface area contributed by atoms with Crippen molar-refractivity contribution < 1.29 is 95.4 Å². The Morgan fingerprint density at radius 1 is 0.508 bits per heavy atom. The van der Waals surface area contributed by atoms with E-state index in [2.05, 4.69) is 0 Å². The minimum absolute atomic E-state index is 0.0224. The molecule has 10 atom stereocenters. The Bertz CT molecular complexity index is 1970. The summed E-state index contributed by atoms with van der Waals surface area (Å²) >= 11 is 0. The Morgan fingerprint density at radius 2 is 0.885 bits per heavy atom. The molecule has 2 aliphatic heterocycles. The average Bonchev–Trinajstić information content (AvgIpc) is 3.16. The van der Waals surface area contributed by atoms with E-state index in [0.29, 0.717) is 0 Å². The number of benzene rings is 2. The number of nitro groups is 1. The van der Waals surface area contributed by atoms with Gasteiger partial charge in [-0.2, -0.15) is 0 Å². The molecule has 0 aliphatic carbocycles. The Morgan fingerprint density at radius 3 is 1.33 bits per heavy atom. The third-order valence-electron chi connectivity index (χ3n) is 8.59. The van der Waals surface area contributed by atoms with Crippen molar-refractivity contribution >= 4 is 53.3 Å². The summed E-state index contributed by atoms with van der Waals surface area (Å²) in [5.74, 6) is -6.70. The zero-order valence-electron chi connectivity index (χ0n) is 33.8. The largest absolute Gasteiger partial charge is 0.463 e. The van der Waals surface area contributed by atoms with Gasteiger partial charge in [0, 0.05) is 71.7 Å². The zero-order valence-corrected chi connectivity index (χ0v) is 33.8. The molecule has 2 fully saturated rings. The number of hydrogen-bond donors (Lipinski definition) is 0. The highest BCUT2D eigenvalue weighted by Crippen LogP contribution is 2.36. The highest BCUT2D eigenvalue weighted by molar-refractivity contribution is 6.09. The maximum absolute atomic E-state index is 13.1. The van der Waals surface area contributed by atoms with Crippen LogP contribution in [-0.4, -0.2) is 127 Å². The highest BCUT2D eigenvalue weighted by Gasteiger charge is 2.58. The zero-order chi connectivity index (χ0) is 45.1. The molecule has 2 aliphatic rings. The van der Waals surface area contributed by atoms with Crippen molar-refractivity contribution in [1.82, 2.24) is 0 Å². The lowest BCUT2D eigenvalue weighted by Crippen LogP contribution is -2.67. The Labute approximate surface area is 347 Å². The number of ketones is 1. The predicted octanol–water partition coefficient (Wildman–Crippen LogP) is 1.82. The van der Waals surface area contributed by atoms with E-state index in [1.807, 2.05) is 0 Å². The molecule has 0 aromatic heterocycles. The number of nitrogens with zero attached hydrogens (tertiary/aromatic N) is 1. The lowest BCUT2D eigenvalue weighted by atomic mass is 9.96. The summed E-state index contributed by atoms with van der Waals surface area (Å²) in [7, 11) is 0.